The fraction of sp³-hybridized carbons (Fsp3) is 0.333. The first kappa shape index (κ1) is 21.4. The molecule has 1 aliphatic heterocycles. The highest BCUT2D eigenvalue weighted by molar-refractivity contribution is 5.95. The molecule has 0 saturated heterocycles. The molecule has 0 spiro atoms. The van der Waals surface area contributed by atoms with Crippen LogP contribution in [0.25, 0.3) is 0 Å². The van der Waals surface area contributed by atoms with E-state index in [1.54, 1.807) is 13.8 Å². The van der Waals surface area contributed by atoms with E-state index in [1.165, 1.54) is 0 Å². The Balaban J connectivity index is 1.92. The molecule has 30 heavy (non-hydrogen) atoms. The highest BCUT2D eigenvalue weighted by Gasteiger charge is 2.35. The maximum atomic E-state index is 12.9. The van der Waals surface area contributed by atoms with Crippen LogP contribution >= 0.6 is 0 Å². The number of urea groups is 1. The Kier molecular flexibility index (Phi) is 6.45. The SMILES string of the molecule is Cc1cccc(Oc2ccc(C3NC(=O)NC(C(C)C)=C3C(=O)OC(C)C)cc2)c1. The van der Waals surface area contributed by atoms with Gasteiger partial charge in [0.25, 0.3) is 0 Å². The molecule has 0 radical (unpaired) electrons. The molecule has 0 fully saturated rings. The van der Waals surface area contributed by atoms with Crippen molar-refractivity contribution in [1.29, 1.82) is 0 Å². The van der Waals surface area contributed by atoms with Crippen molar-refractivity contribution in [3.05, 3.63) is 70.9 Å². The Hall–Kier alpha value is -3.28. The van der Waals surface area contributed by atoms with Gasteiger partial charge in [0.1, 0.15) is 11.5 Å². The lowest BCUT2D eigenvalue weighted by Crippen LogP contribution is -2.47. The Labute approximate surface area is 177 Å². The molecule has 0 saturated carbocycles. The number of allylic oxidation sites excluding steroid dienone is 1. The van der Waals surface area contributed by atoms with Gasteiger partial charge in [-0.25, -0.2) is 9.59 Å². The molecule has 1 unspecified atom stereocenters. The lowest BCUT2D eigenvalue weighted by Gasteiger charge is -2.31. The van der Waals surface area contributed by atoms with Gasteiger partial charge in [-0.1, -0.05) is 38.1 Å². The first-order valence-electron chi connectivity index (χ1n) is 10.1. The highest BCUT2D eigenvalue weighted by Crippen LogP contribution is 2.32. The van der Waals surface area contributed by atoms with Crippen LogP contribution in [-0.2, 0) is 9.53 Å². The quantitative estimate of drug-likeness (QED) is 0.659. The maximum absolute atomic E-state index is 12.9. The van der Waals surface area contributed by atoms with Crippen LogP contribution < -0.4 is 15.4 Å². The average Bonchev–Trinajstić information content (AvgIpc) is 2.67. The number of esters is 1. The largest absolute Gasteiger partial charge is 0.459 e. The van der Waals surface area contributed by atoms with Crippen LogP contribution in [0.4, 0.5) is 4.79 Å². The van der Waals surface area contributed by atoms with Crippen molar-refractivity contribution in [3.63, 3.8) is 0 Å². The van der Waals surface area contributed by atoms with E-state index in [-0.39, 0.29) is 18.1 Å². The zero-order valence-electron chi connectivity index (χ0n) is 18.0. The van der Waals surface area contributed by atoms with Crippen molar-refractivity contribution in [2.75, 3.05) is 0 Å². The molecule has 2 aromatic rings. The van der Waals surface area contributed by atoms with E-state index in [4.69, 9.17) is 9.47 Å². The van der Waals surface area contributed by atoms with Gasteiger partial charge in [0.2, 0.25) is 0 Å². The van der Waals surface area contributed by atoms with Crippen molar-refractivity contribution in [3.8, 4) is 11.5 Å². The summed E-state index contributed by atoms with van der Waals surface area (Å²) in [6, 6.07) is 14.2. The molecule has 0 aromatic heterocycles. The third-order valence-corrected chi connectivity index (χ3v) is 4.68. The third-order valence-electron chi connectivity index (χ3n) is 4.68. The molecular formula is C24H28N2O4. The van der Waals surface area contributed by atoms with E-state index in [2.05, 4.69) is 10.6 Å². The monoisotopic (exact) mass is 408 g/mol. The number of amides is 2. The zero-order valence-corrected chi connectivity index (χ0v) is 18.0. The van der Waals surface area contributed by atoms with Gasteiger partial charge in [0, 0.05) is 5.70 Å². The number of nitrogens with one attached hydrogen (secondary N) is 2. The second-order valence-corrected chi connectivity index (χ2v) is 7.96. The van der Waals surface area contributed by atoms with Gasteiger partial charge < -0.3 is 20.1 Å². The van der Waals surface area contributed by atoms with Gasteiger partial charge in [-0.05, 0) is 62.1 Å². The Morgan fingerprint density at radius 1 is 1.00 bits per heavy atom. The number of rotatable bonds is 6. The van der Waals surface area contributed by atoms with Crippen LogP contribution in [-0.4, -0.2) is 18.1 Å². The number of carbonyl (C=O) groups excluding carboxylic acids is 2. The second-order valence-electron chi connectivity index (χ2n) is 7.96. The van der Waals surface area contributed by atoms with Crippen LogP contribution in [0.2, 0.25) is 0 Å². The second kappa shape index (κ2) is 9.03. The van der Waals surface area contributed by atoms with Crippen molar-refractivity contribution >= 4 is 12.0 Å². The summed E-state index contributed by atoms with van der Waals surface area (Å²) in [5, 5.41) is 5.62. The predicted octanol–water partition coefficient (Wildman–Crippen LogP) is 5.00. The number of hydrogen-bond acceptors (Lipinski definition) is 4. The van der Waals surface area contributed by atoms with Crippen molar-refractivity contribution in [2.24, 2.45) is 5.92 Å². The third kappa shape index (κ3) is 5.00. The molecule has 1 atom stereocenters. The van der Waals surface area contributed by atoms with Crippen LogP contribution in [0.15, 0.2) is 59.8 Å². The van der Waals surface area contributed by atoms with E-state index < -0.39 is 12.0 Å². The fourth-order valence-electron chi connectivity index (χ4n) is 3.34. The van der Waals surface area contributed by atoms with Gasteiger partial charge in [0.15, 0.2) is 0 Å². The zero-order chi connectivity index (χ0) is 21.8. The van der Waals surface area contributed by atoms with Crippen LogP contribution in [0.5, 0.6) is 11.5 Å². The minimum atomic E-state index is -0.601. The standard InChI is InChI=1S/C24H28N2O4/c1-14(2)21-20(23(27)29-15(3)4)22(26-24(28)25-21)17-9-11-18(12-10-17)30-19-8-6-7-16(5)13-19/h6-15,22H,1-5H3,(H2,25,26,28). The summed E-state index contributed by atoms with van der Waals surface area (Å²) in [4.78, 5) is 25.1. The van der Waals surface area contributed by atoms with E-state index in [0.29, 0.717) is 17.0 Å². The summed E-state index contributed by atoms with van der Waals surface area (Å²) in [5.74, 6) is 0.938. The molecule has 2 amide bonds. The molecule has 158 valence electrons. The Bertz CT molecular complexity index is 961. The summed E-state index contributed by atoms with van der Waals surface area (Å²) in [6.07, 6.45) is -0.262. The molecule has 6 heteroatoms. The highest BCUT2D eigenvalue weighted by atomic mass is 16.5. The van der Waals surface area contributed by atoms with Gasteiger partial charge in [-0.15, -0.1) is 0 Å². The maximum Gasteiger partial charge on any atom is 0.338 e. The topological polar surface area (TPSA) is 76.7 Å². The minimum absolute atomic E-state index is 0.0443. The summed E-state index contributed by atoms with van der Waals surface area (Å²) in [7, 11) is 0. The first-order chi connectivity index (χ1) is 14.2. The van der Waals surface area contributed by atoms with E-state index in [1.807, 2.05) is 69.3 Å². The van der Waals surface area contributed by atoms with Gasteiger partial charge in [0.05, 0.1) is 17.7 Å². The molecule has 1 heterocycles. The summed E-state index contributed by atoms with van der Waals surface area (Å²) < 4.78 is 11.4. The Morgan fingerprint density at radius 2 is 1.70 bits per heavy atom. The molecule has 2 N–H and O–H groups in total. The molecular weight excluding hydrogens is 380 g/mol. The van der Waals surface area contributed by atoms with Crippen molar-refractivity contribution in [1.82, 2.24) is 10.6 Å². The van der Waals surface area contributed by atoms with E-state index in [9.17, 15) is 9.59 Å². The fourth-order valence-corrected chi connectivity index (χ4v) is 3.34. The number of hydrogen-bond donors (Lipinski definition) is 2. The summed E-state index contributed by atoms with van der Waals surface area (Å²) >= 11 is 0. The minimum Gasteiger partial charge on any atom is -0.459 e. The van der Waals surface area contributed by atoms with Crippen molar-refractivity contribution in [2.45, 2.75) is 46.8 Å². The molecule has 1 aliphatic rings. The van der Waals surface area contributed by atoms with Gasteiger partial charge in [-0.2, -0.15) is 0 Å². The number of carbonyl (C=O) groups is 2. The lowest BCUT2D eigenvalue weighted by molar-refractivity contribution is -0.143. The lowest BCUT2D eigenvalue weighted by atomic mass is 9.91. The average molecular weight is 408 g/mol. The number of benzene rings is 2. The smallest absolute Gasteiger partial charge is 0.338 e. The molecule has 0 bridgehead atoms. The molecule has 6 nitrogen and oxygen atoms in total. The van der Waals surface area contributed by atoms with Gasteiger partial charge >= 0.3 is 12.0 Å². The van der Waals surface area contributed by atoms with Crippen LogP contribution in [0.1, 0.15) is 44.9 Å². The normalized spacial score (nSPS) is 16.4. The molecule has 3 rings (SSSR count). The molecule has 0 aliphatic carbocycles. The predicted molar refractivity (Wildman–Crippen MR) is 115 cm³/mol. The van der Waals surface area contributed by atoms with E-state index >= 15 is 0 Å². The summed E-state index contributed by atoms with van der Waals surface area (Å²) in [5.41, 5.74) is 2.89. The Morgan fingerprint density at radius 3 is 2.30 bits per heavy atom. The van der Waals surface area contributed by atoms with Crippen LogP contribution in [0.3, 0.4) is 0 Å². The molecule has 2 aromatic carbocycles. The first-order valence-corrected chi connectivity index (χ1v) is 10.1. The van der Waals surface area contributed by atoms with Gasteiger partial charge in [-0.3, -0.25) is 0 Å². The number of ether oxygens (including phenoxy) is 2. The summed E-state index contributed by atoms with van der Waals surface area (Å²) in [6.45, 7) is 9.47. The number of aryl methyl sites for hydroxylation is 1. The van der Waals surface area contributed by atoms with E-state index in [0.717, 1.165) is 16.9 Å². The van der Waals surface area contributed by atoms with Crippen molar-refractivity contribution < 1.29 is 19.1 Å². The van der Waals surface area contributed by atoms with Crippen LogP contribution in [0, 0.1) is 12.8 Å².